The van der Waals surface area contributed by atoms with Crippen molar-refractivity contribution < 1.29 is 14.6 Å². The number of carbonyl (C=O) groups is 1. The number of carbonyl (C=O) groups excluding carboxylic acids is 1. The average molecular weight is 295 g/mol. The van der Waals surface area contributed by atoms with Gasteiger partial charge in [0.05, 0.1) is 5.39 Å². The Bertz CT molecular complexity index is 884. The Labute approximate surface area is 125 Å². The van der Waals surface area contributed by atoms with Crippen molar-refractivity contribution in [3.8, 4) is 5.75 Å². The highest BCUT2D eigenvalue weighted by molar-refractivity contribution is 5.98. The quantitative estimate of drug-likeness (QED) is 0.728. The van der Waals surface area contributed by atoms with Gasteiger partial charge in [0.15, 0.2) is 11.4 Å². The number of esters is 1. The molecule has 2 N–H and O–H groups in total. The summed E-state index contributed by atoms with van der Waals surface area (Å²) in [6.45, 7) is 0.0635. The molecular weight excluding hydrogens is 282 g/mol. The maximum atomic E-state index is 12.1. The van der Waals surface area contributed by atoms with Gasteiger partial charge in [0, 0.05) is 5.39 Å². The maximum absolute atomic E-state index is 12.1. The number of hydrogen-bond acceptors (Lipinski definition) is 4. The van der Waals surface area contributed by atoms with Crippen LogP contribution in [0.1, 0.15) is 16.1 Å². The Morgan fingerprint density at radius 1 is 1.00 bits per heavy atom. The van der Waals surface area contributed by atoms with Gasteiger partial charge in [-0.15, -0.1) is 0 Å². The average Bonchev–Trinajstić information content (AvgIpc) is 2.57. The summed E-state index contributed by atoms with van der Waals surface area (Å²) in [5.74, 6) is -1.06. The highest BCUT2D eigenvalue weighted by Gasteiger charge is 2.18. The van der Waals surface area contributed by atoms with Gasteiger partial charge in [-0.05, 0) is 11.6 Å². The van der Waals surface area contributed by atoms with E-state index < -0.39 is 11.5 Å². The smallest absolute Gasteiger partial charge is 0.359 e. The van der Waals surface area contributed by atoms with Crippen molar-refractivity contribution in [2.45, 2.75) is 6.61 Å². The van der Waals surface area contributed by atoms with Crippen LogP contribution in [0.15, 0.2) is 59.4 Å². The zero-order valence-corrected chi connectivity index (χ0v) is 11.6. The molecule has 0 saturated heterocycles. The molecule has 0 aliphatic carbocycles. The lowest BCUT2D eigenvalue weighted by molar-refractivity contribution is 0.0462. The normalized spacial score (nSPS) is 10.5. The van der Waals surface area contributed by atoms with E-state index in [9.17, 15) is 14.7 Å². The number of nitrogens with one attached hydrogen (secondary N) is 1. The van der Waals surface area contributed by atoms with Crippen LogP contribution in [-0.4, -0.2) is 16.1 Å². The molecule has 0 saturated carbocycles. The lowest BCUT2D eigenvalue weighted by Gasteiger charge is -2.08. The van der Waals surface area contributed by atoms with Gasteiger partial charge in [-0.25, -0.2) is 4.79 Å². The minimum absolute atomic E-state index is 0.0635. The van der Waals surface area contributed by atoms with Crippen molar-refractivity contribution in [2.75, 3.05) is 0 Å². The molecule has 0 spiro atoms. The number of aromatic hydroxyl groups is 1. The lowest BCUT2D eigenvalue weighted by atomic mass is 10.1. The predicted octanol–water partition coefficient (Wildman–Crippen LogP) is 2.59. The van der Waals surface area contributed by atoms with Gasteiger partial charge in [-0.3, -0.25) is 4.79 Å². The minimum atomic E-state index is -0.774. The minimum Gasteiger partial charge on any atom is -0.505 e. The van der Waals surface area contributed by atoms with Crippen molar-refractivity contribution in [1.82, 2.24) is 4.98 Å². The molecule has 0 aliphatic heterocycles. The van der Waals surface area contributed by atoms with Crippen LogP contribution in [0.5, 0.6) is 5.75 Å². The van der Waals surface area contributed by atoms with E-state index in [0.29, 0.717) is 10.8 Å². The summed E-state index contributed by atoms with van der Waals surface area (Å²) in [5.41, 5.74) is 0.137. The number of hydrogen-bond donors (Lipinski definition) is 2. The van der Waals surface area contributed by atoms with E-state index >= 15 is 0 Å². The molecule has 0 amide bonds. The van der Waals surface area contributed by atoms with E-state index in [4.69, 9.17) is 4.74 Å². The van der Waals surface area contributed by atoms with E-state index in [-0.39, 0.29) is 18.1 Å². The molecule has 0 unspecified atom stereocenters. The topological polar surface area (TPSA) is 79.4 Å². The van der Waals surface area contributed by atoms with Crippen LogP contribution in [0.25, 0.3) is 10.8 Å². The highest BCUT2D eigenvalue weighted by Crippen LogP contribution is 2.25. The van der Waals surface area contributed by atoms with Crippen molar-refractivity contribution >= 4 is 16.7 Å². The van der Waals surface area contributed by atoms with Crippen LogP contribution in [-0.2, 0) is 11.3 Å². The van der Waals surface area contributed by atoms with Gasteiger partial charge in [-0.2, -0.15) is 0 Å². The van der Waals surface area contributed by atoms with E-state index in [0.717, 1.165) is 5.56 Å². The first-order chi connectivity index (χ1) is 10.7. The zero-order valence-electron chi connectivity index (χ0n) is 11.6. The number of ether oxygens (including phenoxy) is 1. The van der Waals surface area contributed by atoms with Crippen molar-refractivity contribution in [2.24, 2.45) is 0 Å². The summed E-state index contributed by atoms with van der Waals surface area (Å²) in [6, 6.07) is 15.7. The summed E-state index contributed by atoms with van der Waals surface area (Å²) in [7, 11) is 0. The molecule has 1 heterocycles. The fourth-order valence-corrected chi connectivity index (χ4v) is 2.21. The van der Waals surface area contributed by atoms with E-state index in [1.54, 1.807) is 24.3 Å². The van der Waals surface area contributed by atoms with Crippen molar-refractivity contribution in [1.29, 1.82) is 0 Å². The first-order valence-corrected chi connectivity index (χ1v) is 6.72. The third kappa shape index (κ3) is 2.56. The molecule has 1 aromatic heterocycles. The Kier molecular flexibility index (Phi) is 3.62. The molecule has 0 radical (unpaired) electrons. The number of benzene rings is 2. The first kappa shape index (κ1) is 13.9. The molecule has 3 aromatic rings. The Morgan fingerprint density at radius 2 is 1.64 bits per heavy atom. The monoisotopic (exact) mass is 295 g/mol. The van der Waals surface area contributed by atoms with Gasteiger partial charge in [0.25, 0.3) is 5.56 Å². The van der Waals surface area contributed by atoms with Crippen LogP contribution in [0, 0.1) is 0 Å². The standard InChI is InChI=1S/C17H13NO4/c19-15-12-8-4-5-9-13(12)16(20)18-14(15)17(21)22-10-11-6-2-1-3-7-11/h1-9,19H,10H2,(H,18,20). The van der Waals surface area contributed by atoms with E-state index in [1.165, 1.54) is 0 Å². The molecule has 0 atom stereocenters. The lowest BCUT2D eigenvalue weighted by Crippen LogP contribution is -2.15. The SMILES string of the molecule is O=C(OCc1ccccc1)c1[nH]c(=O)c2ccccc2c1O. The molecule has 3 rings (SSSR count). The second-order valence-electron chi connectivity index (χ2n) is 4.79. The Hall–Kier alpha value is -3.08. The molecule has 5 nitrogen and oxygen atoms in total. The number of rotatable bonds is 3. The van der Waals surface area contributed by atoms with Crippen LogP contribution in [0.2, 0.25) is 0 Å². The van der Waals surface area contributed by atoms with Crippen LogP contribution < -0.4 is 5.56 Å². The van der Waals surface area contributed by atoms with Crippen molar-refractivity contribution in [3.63, 3.8) is 0 Å². The van der Waals surface area contributed by atoms with Crippen molar-refractivity contribution in [3.05, 3.63) is 76.2 Å². The summed E-state index contributed by atoms with van der Waals surface area (Å²) < 4.78 is 5.13. The van der Waals surface area contributed by atoms with E-state index in [1.807, 2.05) is 30.3 Å². The predicted molar refractivity (Wildman–Crippen MR) is 81.8 cm³/mol. The van der Waals surface area contributed by atoms with Gasteiger partial charge < -0.3 is 14.8 Å². The van der Waals surface area contributed by atoms with Gasteiger partial charge in [0.1, 0.15) is 6.61 Å². The van der Waals surface area contributed by atoms with E-state index in [2.05, 4.69) is 4.98 Å². The molecule has 5 heteroatoms. The third-order valence-corrected chi connectivity index (χ3v) is 3.32. The zero-order chi connectivity index (χ0) is 15.5. The van der Waals surface area contributed by atoms with Gasteiger partial charge in [0.2, 0.25) is 0 Å². The summed E-state index contributed by atoms with van der Waals surface area (Å²) in [4.78, 5) is 26.4. The van der Waals surface area contributed by atoms with Gasteiger partial charge in [-0.1, -0.05) is 48.5 Å². The van der Waals surface area contributed by atoms with Crippen LogP contribution in [0.3, 0.4) is 0 Å². The molecule has 0 aliphatic rings. The molecule has 110 valence electrons. The molecule has 0 fully saturated rings. The molecule has 2 aromatic carbocycles. The largest absolute Gasteiger partial charge is 0.505 e. The second-order valence-corrected chi connectivity index (χ2v) is 4.79. The third-order valence-electron chi connectivity index (χ3n) is 3.32. The molecule has 0 bridgehead atoms. The number of aromatic nitrogens is 1. The Morgan fingerprint density at radius 3 is 2.36 bits per heavy atom. The fraction of sp³-hybridized carbons (Fsp3) is 0.0588. The Balaban J connectivity index is 1.91. The summed E-state index contributed by atoms with van der Waals surface area (Å²) >= 11 is 0. The fourth-order valence-electron chi connectivity index (χ4n) is 2.21. The first-order valence-electron chi connectivity index (χ1n) is 6.72. The summed E-state index contributed by atoms with van der Waals surface area (Å²) in [5, 5.41) is 10.8. The number of pyridine rings is 1. The van der Waals surface area contributed by atoms with Gasteiger partial charge >= 0.3 is 5.97 Å². The maximum Gasteiger partial charge on any atom is 0.359 e. The summed E-state index contributed by atoms with van der Waals surface area (Å²) in [6.07, 6.45) is 0. The van der Waals surface area contributed by atoms with Crippen LogP contribution in [0.4, 0.5) is 0 Å². The molecular formula is C17H13NO4. The molecule has 22 heavy (non-hydrogen) atoms. The second kappa shape index (κ2) is 5.73. The number of fused-ring (bicyclic) bond motifs is 1. The number of aromatic amines is 1. The highest BCUT2D eigenvalue weighted by atomic mass is 16.5. The number of H-pyrrole nitrogens is 1. The van der Waals surface area contributed by atoms with Crippen LogP contribution >= 0.6 is 0 Å².